The van der Waals surface area contributed by atoms with E-state index in [1.807, 2.05) is 0 Å². The molecule has 1 atom stereocenters. The first-order valence-electron chi connectivity index (χ1n) is 4.41. The van der Waals surface area contributed by atoms with E-state index in [9.17, 15) is 0 Å². The minimum absolute atomic E-state index is 1.02. The van der Waals surface area contributed by atoms with Crippen molar-refractivity contribution in [3.63, 3.8) is 0 Å². The van der Waals surface area contributed by atoms with E-state index in [4.69, 9.17) is 0 Å². The van der Waals surface area contributed by atoms with Crippen molar-refractivity contribution >= 4 is 0 Å². The molecule has 0 aromatic carbocycles. The number of nitrogens with zero attached hydrogens (tertiary/aromatic N) is 1. The van der Waals surface area contributed by atoms with Crippen LogP contribution in [-0.2, 0) is 0 Å². The van der Waals surface area contributed by atoms with Crippen LogP contribution in [0.1, 0.15) is 26.7 Å². The molecule has 0 fully saturated rings. The van der Waals surface area contributed by atoms with Crippen LogP contribution in [-0.4, -0.2) is 18.1 Å². The molecule has 0 aromatic rings. The lowest BCUT2D eigenvalue weighted by molar-refractivity contribution is -0.818. The Kier molecular flexibility index (Phi) is 2.50. The van der Waals surface area contributed by atoms with Crippen molar-refractivity contribution in [2.75, 3.05) is 13.6 Å². The van der Waals surface area contributed by atoms with Gasteiger partial charge < -0.3 is 0 Å². The van der Waals surface area contributed by atoms with Gasteiger partial charge in [0, 0.05) is 6.92 Å². The summed E-state index contributed by atoms with van der Waals surface area (Å²) in [5.74, 6) is 0. The van der Waals surface area contributed by atoms with E-state index in [1.165, 1.54) is 25.1 Å². The number of rotatable bonds is 3. The quantitative estimate of drug-likeness (QED) is 0.545. The zero-order chi connectivity index (χ0) is 8.32. The van der Waals surface area contributed by atoms with Crippen LogP contribution in [0.2, 0.25) is 0 Å². The van der Waals surface area contributed by atoms with Crippen molar-refractivity contribution in [2.45, 2.75) is 26.7 Å². The normalized spacial score (nSPS) is 29.2. The van der Waals surface area contributed by atoms with Crippen LogP contribution in [0.5, 0.6) is 0 Å². The molecule has 0 N–H and O–H groups in total. The molecule has 1 rings (SSSR count). The minimum Gasteiger partial charge on any atom is -0.271 e. The first kappa shape index (κ1) is 8.54. The fourth-order valence-corrected chi connectivity index (χ4v) is 1.40. The van der Waals surface area contributed by atoms with Gasteiger partial charge in [-0.15, -0.1) is 0 Å². The maximum absolute atomic E-state index is 2.27. The van der Waals surface area contributed by atoms with Gasteiger partial charge in [0.05, 0.1) is 13.6 Å². The van der Waals surface area contributed by atoms with Crippen molar-refractivity contribution in [3.05, 3.63) is 24.0 Å². The van der Waals surface area contributed by atoms with Gasteiger partial charge in [-0.3, -0.25) is 4.48 Å². The largest absolute Gasteiger partial charge is 0.271 e. The Morgan fingerprint density at radius 3 is 2.64 bits per heavy atom. The topological polar surface area (TPSA) is 0 Å². The standard InChI is InChI=1S/C10H18N/c1-4-5-8-11(3)9-6-7-10(11)2/h6-7,9H,4-5,8H2,1-3H3/q+1. The van der Waals surface area contributed by atoms with Crippen LogP contribution in [0.25, 0.3) is 0 Å². The molecule has 0 saturated heterocycles. The summed E-state index contributed by atoms with van der Waals surface area (Å²) >= 11 is 0. The molecule has 0 spiro atoms. The lowest BCUT2D eigenvalue weighted by Crippen LogP contribution is -2.35. The highest BCUT2D eigenvalue weighted by molar-refractivity contribution is 5.10. The lowest BCUT2D eigenvalue weighted by atomic mass is 10.3. The number of hydrogen-bond donors (Lipinski definition) is 0. The predicted octanol–water partition coefficient (Wildman–Crippen LogP) is 2.66. The van der Waals surface area contributed by atoms with Gasteiger partial charge in [-0.1, -0.05) is 13.3 Å². The van der Waals surface area contributed by atoms with Gasteiger partial charge in [0.1, 0.15) is 11.9 Å². The number of quaternary nitrogens is 1. The highest BCUT2D eigenvalue weighted by atomic mass is 15.3. The van der Waals surface area contributed by atoms with Gasteiger partial charge in [0.2, 0.25) is 0 Å². The summed E-state index contributed by atoms with van der Waals surface area (Å²) in [6.07, 6.45) is 9.23. The first-order chi connectivity index (χ1) is 5.19. The Bertz CT molecular complexity index is 191. The molecule has 0 aromatic heterocycles. The average molecular weight is 152 g/mol. The molecule has 1 aliphatic heterocycles. The van der Waals surface area contributed by atoms with Gasteiger partial charge in [0.15, 0.2) is 0 Å². The van der Waals surface area contributed by atoms with Gasteiger partial charge in [-0.05, 0) is 18.6 Å². The second-order valence-corrected chi connectivity index (χ2v) is 3.49. The van der Waals surface area contributed by atoms with E-state index in [2.05, 4.69) is 39.2 Å². The number of unbranched alkanes of at least 4 members (excludes halogenated alkanes) is 1. The molecule has 1 nitrogen and oxygen atoms in total. The SMILES string of the molecule is CCCC[N+]1(C)C=CC=C1C. The Morgan fingerprint density at radius 1 is 1.45 bits per heavy atom. The summed E-state index contributed by atoms with van der Waals surface area (Å²) < 4.78 is 1.02. The monoisotopic (exact) mass is 152 g/mol. The summed E-state index contributed by atoms with van der Waals surface area (Å²) in [6, 6.07) is 0. The van der Waals surface area contributed by atoms with Crippen molar-refractivity contribution in [1.29, 1.82) is 0 Å². The first-order valence-corrected chi connectivity index (χ1v) is 4.41. The van der Waals surface area contributed by atoms with Gasteiger partial charge >= 0.3 is 0 Å². The fraction of sp³-hybridized carbons (Fsp3) is 0.600. The van der Waals surface area contributed by atoms with Crippen LogP contribution >= 0.6 is 0 Å². The van der Waals surface area contributed by atoms with Crippen LogP contribution in [0, 0.1) is 0 Å². The second kappa shape index (κ2) is 3.22. The smallest absolute Gasteiger partial charge is 0.110 e. The van der Waals surface area contributed by atoms with E-state index < -0.39 is 0 Å². The molecule has 0 amide bonds. The van der Waals surface area contributed by atoms with Crippen LogP contribution in [0.3, 0.4) is 0 Å². The molecule has 0 aliphatic carbocycles. The Hall–Kier alpha value is -0.560. The number of allylic oxidation sites excluding steroid dienone is 3. The summed E-state index contributed by atoms with van der Waals surface area (Å²) in [5, 5.41) is 0. The van der Waals surface area contributed by atoms with E-state index >= 15 is 0 Å². The summed E-state index contributed by atoms with van der Waals surface area (Å²) in [7, 11) is 2.27. The van der Waals surface area contributed by atoms with Gasteiger partial charge in [0.25, 0.3) is 0 Å². The average Bonchev–Trinajstić information content (AvgIpc) is 2.30. The molecule has 0 radical (unpaired) electrons. The Morgan fingerprint density at radius 2 is 2.18 bits per heavy atom. The molecule has 62 valence electrons. The Labute approximate surface area is 69.6 Å². The molecule has 0 saturated carbocycles. The molecular weight excluding hydrogens is 134 g/mol. The van der Waals surface area contributed by atoms with E-state index in [0.717, 1.165) is 4.48 Å². The van der Waals surface area contributed by atoms with Crippen molar-refractivity contribution in [3.8, 4) is 0 Å². The maximum Gasteiger partial charge on any atom is 0.110 e. The third kappa shape index (κ3) is 1.72. The zero-order valence-electron chi connectivity index (χ0n) is 7.80. The molecule has 11 heavy (non-hydrogen) atoms. The predicted molar refractivity (Wildman–Crippen MR) is 48.9 cm³/mol. The van der Waals surface area contributed by atoms with E-state index in [1.54, 1.807) is 0 Å². The third-order valence-corrected chi connectivity index (χ3v) is 2.53. The van der Waals surface area contributed by atoms with Gasteiger partial charge in [-0.25, -0.2) is 0 Å². The van der Waals surface area contributed by atoms with Crippen LogP contribution in [0.4, 0.5) is 0 Å². The summed E-state index contributed by atoms with van der Waals surface area (Å²) in [4.78, 5) is 0. The van der Waals surface area contributed by atoms with Crippen LogP contribution in [0.15, 0.2) is 24.0 Å². The molecule has 1 unspecified atom stereocenters. The number of hydrogen-bond acceptors (Lipinski definition) is 0. The Balaban J connectivity index is 2.53. The second-order valence-electron chi connectivity index (χ2n) is 3.49. The molecule has 0 bridgehead atoms. The zero-order valence-corrected chi connectivity index (χ0v) is 7.80. The van der Waals surface area contributed by atoms with E-state index in [-0.39, 0.29) is 0 Å². The van der Waals surface area contributed by atoms with Crippen molar-refractivity contribution in [1.82, 2.24) is 0 Å². The fourth-order valence-electron chi connectivity index (χ4n) is 1.40. The highest BCUT2D eigenvalue weighted by Crippen LogP contribution is 2.21. The highest BCUT2D eigenvalue weighted by Gasteiger charge is 2.23. The summed E-state index contributed by atoms with van der Waals surface area (Å²) in [5.41, 5.74) is 1.46. The van der Waals surface area contributed by atoms with Gasteiger partial charge in [-0.2, -0.15) is 0 Å². The van der Waals surface area contributed by atoms with Crippen molar-refractivity contribution < 1.29 is 4.48 Å². The minimum atomic E-state index is 1.02. The lowest BCUT2D eigenvalue weighted by Gasteiger charge is -2.27. The maximum atomic E-state index is 2.27. The molecule has 1 heterocycles. The van der Waals surface area contributed by atoms with E-state index in [0.29, 0.717) is 0 Å². The third-order valence-electron chi connectivity index (χ3n) is 2.53. The molecule has 1 heteroatoms. The molecular formula is C10H18N+. The van der Waals surface area contributed by atoms with Crippen LogP contribution < -0.4 is 0 Å². The summed E-state index contributed by atoms with van der Waals surface area (Å²) in [6.45, 7) is 5.69. The van der Waals surface area contributed by atoms with Crippen molar-refractivity contribution in [2.24, 2.45) is 0 Å². The molecule has 1 aliphatic rings.